The standard InChI is InChI=1S/C11H17N4/c1-7(2)9-5-6-15-11(12-9)13-10(14-15)8(3)4/h5-8,11H,1-4H3/q+1. The van der Waals surface area contributed by atoms with E-state index in [1.54, 1.807) is 0 Å². The summed E-state index contributed by atoms with van der Waals surface area (Å²) in [4.78, 5) is 9.03. The van der Waals surface area contributed by atoms with Gasteiger partial charge in [0.15, 0.2) is 0 Å². The molecule has 0 saturated carbocycles. The molecule has 0 spiro atoms. The highest BCUT2D eigenvalue weighted by Gasteiger charge is 2.32. The molecule has 2 aliphatic heterocycles. The maximum atomic E-state index is 4.55. The van der Waals surface area contributed by atoms with Gasteiger partial charge in [-0.3, -0.25) is 0 Å². The normalized spacial score (nSPS) is 24.1. The van der Waals surface area contributed by atoms with Gasteiger partial charge in [0.25, 0.3) is 0 Å². The molecule has 15 heavy (non-hydrogen) atoms. The van der Waals surface area contributed by atoms with Gasteiger partial charge in [-0.2, -0.15) is 9.98 Å². The van der Waals surface area contributed by atoms with E-state index in [1.165, 1.54) is 0 Å². The molecule has 2 rings (SSSR count). The lowest BCUT2D eigenvalue weighted by atomic mass is 10.1. The summed E-state index contributed by atoms with van der Waals surface area (Å²) in [5.74, 6) is 1.70. The second-order valence-electron chi connectivity index (χ2n) is 4.49. The van der Waals surface area contributed by atoms with E-state index >= 15 is 0 Å². The molecule has 0 aromatic carbocycles. The van der Waals surface area contributed by atoms with Crippen LogP contribution in [0, 0.1) is 11.8 Å². The predicted molar refractivity (Wildman–Crippen MR) is 60.2 cm³/mol. The Labute approximate surface area is 90.1 Å². The third-order valence-corrected chi connectivity index (χ3v) is 2.47. The summed E-state index contributed by atoms with van der Waals surface area (Å²) >= 11 is 0. The van der Waals surface area contributed by atoms with Gasteiger partial charge in [0.2, 0.25) is 12.0 Å². The summed E-state index contributed by atoms with van der Waals surface area (Å²) in [5, 5.41) is 4.39. The topological polar surface area (TPSA) is 40.1 Å². The van der Waals surface area contributed by atoms with Crippen molar-refractivity contribution < 1.29 is 4.70 Å². The number of azo groups is 2. The molecule has 4 heteroatoms. The van der Waals surface area contributed by atoms with Crippen LogP contribution in [0.3, 0.4) is 0 Å². The first-order valence-corrected chi connectivity index (χ1v) is 5.41. The number of hydrogen-bond donors (Lipinski definition) is 0. The van der Waals surface area contributed by atoms with Crippen LogP contribution in [-0.2, 0) is 0 Å². The van der Waals surface area contributed by atoms with E-state index in [1.807, 2.05) is 17.0 Å². The van der Waals surface area contributed by atoms with Crippen molar-refractivity contribution in [1.29, 1.82) is 0 Å². The van der Waals surface area contributed by atoms with Gasteiger partial charge < -0.3 is 0 Å². The minimum atomic E-state index is -0.148. The first-order valence-electron chi connectivity index (χ1n) is 5.41. The molecule has 0 aromatic heterocycles. The van der Waals surface area contributed by atoms with Crippen molar-refractivity contribution in [3.63, 3.8) is 0 Å². The molecule has 0 fully saturated rings. The Morgan fingerprint density at radius 1 is 1.13 bits per heavy atom. The zero-order valence-corrected chi connectivity index (χ0v) is 9.68. The van der Waals surface area contributed by atoms with Gasteiger partial charge in [0, 0.05) is 17.1 Å². The first-order chi connectivity index (χ1) is 7.08. The fourth-order valence-electron chi connectivity index (χ4n) is 1.51. The van der Waals surface area contributed by atoms with Gasteiger partial charge in [0.1, 0.15) is 0 Å². The summed E-state index contributed by atoms with van der Waals surface area (Å²) in [5.41, 5.74) is 1.10. The average molecular weight is 205 g/mol. The van der Waals surface area contributed by atoms with E-state index in [0.717, 1.165) is 11.5 Å². The van der Waals surface area contributed by atoms with Gasteiger partial charge in [-0.1, -0.05) is 27.7 Å². The molecule has 0 amide bonds. The van der Waals surface area contributed by atoms with Crippen LogP contribution in [0.15, 0.2) is 27.4 Å². The summed E-state index contributed by atoms with van der Waals surface area (Å²) < 4.78 is 1.82. The van der Waals surface area contributed by atoms with Crippen LogP contribution in [0.5, 0.6) is 0 Å². The summed E-state index contributed by atoms with van der Waals surface area (Å²) in [6.07, 6.45) is 3.83. The van der Waals surface area contributed by atoms with Crippen molar-refractivity contribution in [1.82, 2.24) is 0 Å². The Morgan fingerprint density at radius 2 is 1.87 bits per heavy atom. The monoisotopic (exact) mass is 205 g/mol. The molecule has 0 aliphatic carbocycles. The zero-order valence-electron chi connectivity index (χ0n) is 9.68. The summed E-state index contributed by atoms with van der Waals surface area (Å²) in [6.45, 7) is 8.46. The quantitative estimate of drug-likeness (QED) is 0.621. The van der Waals surface area contributed by atoms with Crippen molar-refractivity contribution in [2.45, 2.75) is 34.0 Å². The van der Waals surface area contributed by atoms with Gasteiger partial charge in [0.05, 0.1) is 5.71 Å². The molecule has 1 unspecified atom stereocenters. The van der Waals surface area contributed by atoms with E-state index in [-0.39, 0.29) is 6.29 Å². The largest absolute Gasteiger partial charge is 0.377 e. The fourth-order valence-corrected chi connectivity index (χ4v) is 1.51. The molecule has 0 N–H and O–H groups in total. The van der Waals surface area contributed by atoms with Crippen molar-refractivity contribution in [2.24, 2.45) is 26.9 Å². The van der Waals surface area contributed by atoms with Crippen molar-refractivity contribution in [3.8, 4) is 0 Å². The smallest absolute Gasteiger partial charge is 0.197 e. The van der Waals surface area contributed by atoms with Gasteiger partial charge >= 0.3 is 6.29 Å². The maximum Gasteiger partial charge on any atom is 0.377 e. The maximum absolute atomic E-state index is 4.55. The van der Waals surface area contributed by atoms with E-state index in [0.29, 0.717) is 11.8 Å². The van der Waals surface area contributed by atoms with Gasteiger partial charge in [-0.05, 0) is 10.6 Å². The second-order valence-corrected chi connectivity index (χ2v) is 4.49. The van der Waals surface area contributed by atoms with Crippen LogP contribution in [0.4, 0.5) is 0 Å². The Bertz CT molecular complexity index is 379. The summed E-state index contributed by atoms with van der Waals surface area (Å²) in [7, 11) is 0. The minimum Gasteiger partial charge on any atom is -0.197 e. The van der Waals surface area contributed by atoms with Crippen LogP contribution in [0.25, 0.3) is 0 Å². The Hall–Kier alpha value is -1.32. The molecule has 0 radical (unpaired) electrons. The average Bonchev–Trinajstić information content (AvgIpc) is 2.59. The first kappa shape index (κ1) is 10.2. The molecular weight excluding hydrogens is 188 g/mol. The fraction of sp³-hybridized carbons (Fsp3) is 0.636. The Kier molecular flexibility index (Phi) is 2.50. The number of fused-ring (bicyclic) bond motifs is 1. The molecular formula is C11H17N4+. The van der Waals surface area contributed by atoms with Crippen molar-refractivity contribution >= 4 is 11.5 Å². The third-order valence-electron chi connectivity index (χ3n) is 2.47. The number of hydrogen-bond acceptors (Lipinski definition) is 3. The highest BCUT2D eigenvalue weighted by molar-refractivity contribution is 5.96. The molecule has 4 nitrogen and oxygen atoms in total. The number of allylic oxidation sites excluding steroid dienone is 1. The van der Waals surface area contributed by atoms with Crippen LogP contribution in [0.1, 0.15) is 27.7 Å². The van der Waals surface area contributed by atoms with Crippen LogP contribution in [0.2, 0.25) is 0 Å². The molecule has 1 atom stereocenters. The Balaban J connectivity index is 2.26. The molecule has 0 aromatic rings. The van der Waals surface area contributed by atoms with Crippen LogP contribution < -0.4 is 0 Å². The molecule has 0 saturated heterocycles. The van der Waals surface area contributed by atoms with Gasteiger partial charge in [-0.25, -0.2) is 0 Å². The Morgan fingerprint density at radius 3 is 2.47 bits per heavy atom. The van der Waals surface area contributed by atoms with E-state index in [4.69, 9.17) is 0 Å². The molecule has 2 heterocycles. The SMILES string of the molecule is CC(C)C1=NC2N=C(C(C)C)N=[N+]2C=C1. The molecule has 2 aliphatic rings. The highest BCUT2D eigenvalue weighted by Crippen LogP contribution is 2.18. The third kappa shape index (κ3) is 1.89. The van der Waals surface area contributed by atoms with Crippen molar-refractivity contribution in [2.75, 3.05) is 0 Å². The van der Waals surface area contributed by atoms with E-state index in [9.17, 15) is 0 Å². The highest BCUT2D eigenvalue weighted by atomic mass is 15.5. The predicted octanol–water partition coefficient (Wildman–Crippen LogP) is 2.43. The van der Waals surface area contributed by atoms with Crippen LogP contribution in [-0.4, -0.2) is 22.5 Å². The molecule has 80 valence electrons. The lowest BCUT2D eigenvalue weighted by Crippen LogP contribution is -2.21. The summed E-state index contributed by atoms with van der Waals surface area (Å²) in [6, 6.07) is 0. The lowest BCUT2D eigenvalue weighted by Gasteiger charge is -2.08. The van der Waals surface area contributed by atoms with Gasteiger partial charge in [-0.15, -0.1) is 0 Å². The lowest BCUT2D eigenvalue weighted by molar-refractivity contribution is -0.552. The van der Waals surface area contributed by atoms with E-state index in [2.05, 4.69) is 42.8 Å². The second kappa shape index (κ2) is 3.68. The number of amidine groups is 1. The number of rotatable bonds is 2. The van der Waals surface area contributed by atoms with E-state index < -0.39 is 0 Å². The molecule has 0 bridgehead atoms. The number of nitrogens with zero attached hydrogens (tertiary/aromatic N) is 4. The zero-order chi connectivity index (χ0) is 11.0. The number of aliphatic imine (C=N–C) groups is 2. The van der Waals surface area contributed by atoms with Crippen molar-refractivity contribution in [3.05, 3.63) is 12.3 Å². The minimum absolute atomic E-state index is 0.148. The van der Waals surface area contributed by atoms with Crippen LogP contribution >= 0.6 is 0 Å².